The summed E-state index contributed by atoms with van der Waals surface area (Å²) in [5.74, 6) is -1.75. The van der Waals surface area contributed by atoms with E-state index in [-0.39, 0.29) is 0 Å². The van der Waals surface area contributed by atoms with Crippen molar-refractivity contribution < 1.29 is 34.4 Å². The summed E-state index contributed by atoms with van der Waals surface area (Å²) < 4.78 is 8.93. The summed E-state index contributed by atoms with van der Waals surface area (Å²) >= 11 is 0. The fourth-order valence-corrected chi connectivity index (χ4v) is 0.646. The summed E-state index contributed by atoms with van der Waals surface area (Å²) in [5, 5.41) is 26.7. The van der Waals surface area contributed by atoms with Gasteiger partial charge in [-0.2, -0.15) is 0 Å². The third-order valence-electron chi connectivity index (χ3n) is 1.52. The Kier molecular flexibility index (Phi) is 6.63. The molecule has 0 saturated carbocycles. The van der Waals surface area contributed by atoms with Gasteiger partial charge in [-0.15, -0.1) is 0 Å². The molecule has 0 bridgehead atoms. The van der Waals surface area contributed by atoms with E-state index in [2.05, 4.69) is 9.47 Å². The van der Waals surface area contributed by atoms with Crippen LogP contribution in [-0.2, 0) is 19.1 Å². The van der Waals surface area contributed by atoms with Crippen LogP contribution >= 0.6 is 0 Å². The molecule has 2 atom stereocenters. The van der Waals surface area contributed by atoms with Gasteiger partial charge in [0.2, 0.25) is 0 Å². The highest BCUT2D eigenvalue weighted by molar-refractivity contribution is 5.74. The predicted molar refractivity (Wildman–Crippen MR) is 51.3 cm³/mol. The first-order chi connectivity index (χ1) is 7.34. The minimum atomic E-state index is -1.27. The van der Waals surface area contributed by atoms with Crippen molar-refractivity contribution in [1.29, 1.82) is 0 Å². The van der Waals surface area contributed by atoms with Crippen LogP contribution in [0, 0.1) is 0 Å². The van der Waals surface area contributed by atoms with Crippen molar-refractivity contribution in [2.75, 3.05) is 13.2 Å². The van der Waals surface area contributed by atoms with Gasteiger partial charge in [-0.3, -0.25) is 0 Å². The van der Waals surface area contributed by atoms with Gasteiger partial charge < -0.3 is 24.8 Å². The van der Waals surface area contributed by atoms with Crippen molar-refractivity contribution in [2.45, 2.75) is 32.2 Å². The molecular weight excluding hydrogens is 220 g/mol. The minimum absolute atomic E-state index is 0.392. The number of carbonyl (C=O) groups is 2. The zero-order chi connectivity index (χ0) is 12.7. The van der Waals surface area contributed by atoms with Gasteiger partial charge in [0.05, 0.1) is 0 Å². The Morgan fingerprint density at radius 3 is 1.50 bits per heavy atom. The molecule has 0 aromatic carbocycles. The summed E-state index contributed by atoms with van der Waals surface area (Å²) in [4.78, 5) is 21.5. The molecule has 0 saturated heterocycles. The lowest BCUT2D eigenvalue weighted by Crippen LogP contribution is -2.30. The molecule has 0 aromatic heterocycles. The molecule has 16 heavy (non-hydrogen) atoms. The lowest BCUT2D eigenvalue weighted by molar-refractivity contribution is -0.161. The van der Waals surface area contributed by atoms with Crippen LogP contribution in [0.1, 0.15) is 13.8 Å². The minimum Gasteiger partial charge on any atom is -0.461 e. The van der Waals surface area contributed by atoms with Crippen LogP contribution in [0.5, 0.6) is 0 Å². The molecule has 7 nitrogen and oxygen atoms in total. The molecule has 0 aliphatic heterocycles. The summed E-state index contributed by atoms with van der Waals surface area (Å²) in [7, 11) is 0. The van der Waals surface area contributed by atoms with E-state index in [0.717, 1.165) is 0 Å². The van der Waals surface area contributed by atoms with Crippen molar-refractivity contribution in [3.63, 3.8) is 0 Å². The maximum atomic E-state index is 10.8. The number of rotatable bonds is 6. The Morgan fingerprint density at radius 2 is 1.25 bits per heavy atom. The first-order valence-electron chi connectivity index (χ1n) is 4.72. The van der Waals surface area contributed by atoms with Gasteiger partial charge in [0.25, 0.3) is 0 Å². The number of carbonyl (C=O) groups excluding carboxylic acids is 2. The van der Waals surface area contributed by atoms with E-state index < -0.39 is 43.5 Å². The number of hydrogen-bond donors (Lipinski definition) is 3. The van der Waals surface area contributed by atoms with Crippen LogP contribution in [0.2, 0.25) is 0 Å². The van der Waals surface area contributed by atoms with Gasteiger partial charge >= 0.3 is 11.9 Å². The van der Waals surface area contributed by atoms with Crippen molar-refractivity contribution in [3.05, 3.63) is 0 Å². The molecule has 0 aromatic rings. The van der Waals surface area contributed by atoms with E-state index in [1.807, 2.05) is 0 Å². The van der Waals surface area contributed by atoms with E-state index >= 15 is 0 Å². The molecule has 3 N–H and O–H groups in total. The predicted octanol–water partition coefficient (Wildman–Crippen LogP) is -1.80. The zero-order valence-corrected chi connectivity index (χ0v) is 9.12. The van der Waals surface area contributed by atoms with Gasteiger partial charge in [-0.25, -0.2) is 9.59 Å². The molecule has 0 rings (SSSR count). The standard InChI is InChI=1S/C9H16O7/c1-5(10)8(13)15-3-7(12)4-16-9(14)6(2)11/h5-7,10-12H,3-4H2,1-2H3/t5-,6-/m0/s1. The summed E-state index contributed by atoms with van der Waals surface area (Å²) in [6, 6.07) is 0. The maximum Gasteiger partial charge on any atom is 0.334 e. The van der Waals surface area contributed by atoms with Crippen LogP contribution in [0.15, 0.2) is 0 Å². The summed E-state index contributed by atoms with van der Waals surface area (Å²) in [6.07, 6.45) is -3.73. The second-order valence-electron chi connectivity index (χ2n) is 3.27. The largest absolute Gasteiger partial charge is 0.461 e. The number of ether oxygens (including phenoxy) is 2. The number of aliphatic hydroxyl groups is 3. The molecule has 0 fully saturated rings. The first kappa shape index (κ1) is 14.8. The topological polar surface area (TPSA) is 113 Å². The van der Waals surface area contributed by atoms with Gasteiger partial charge in [-0.05, 0) is 13.8 Å². The van der Waals surface area contributed by atoms with Gasteiger partial charge in [-0.1, -0.05) is 0 Å². The fraction of sp³-hybridized carbons (Fsp3) is 0.778. The van der Waals surface area contributed by atoms with Crippen molar-refractivity contribution in [3.8, 4) is 0 Å². The molecule has 0 spiro atoms. The molecule has 94 valence electrons. The third-order valence-corrected chi connectivity index (χ3v) is 1.52. The Bertz CT molecular complexity index is 212. The number of esters is 2. The van der Waals surface area contributed by atoms with E-state index in [0.29, 0.717) is 0 Å². The molecule has 7 heteroatoms. The summed E-state index contributed by atoms with van der Waals surface area (Å²) in [5.41, 5.74) is 0. The average molecular weight is 236 g/mol. The molecular formula is C9H16O7. The highest BCUT2D eigenvalue weighted by Crippen LogP contribution is 1.94. The SMILES string of the molecule is C[C@H](O)C(=O)OCC(O)COC(=O)[C@H](C)O. The van der Waals surface area contributed by atoms with Gasteiger partial charge in [0.1, 0.15) is 31.5 Å². The normalized spacial score (nSPS) is 14.4. The smallest absolute Gasteiger partial charge is 0.334 e. The lowest BCUT2D eigenvalue weighted by Gasteiger charge is -2.13. The van der Waals surface area contributed by atoms with E-state index in [4.69, 9.17) is 10.2 Å². The number of hydrogen-bond acceptors (Lipinski definition) is 7. The number of aliphatic hydroxyl groups excluding tert-OH is 3. The van der Waals surface area contributed by atoms with Crippen LogP contribution in [-0.4, -0.2) is 58.8 Å². The highest BCUT2D eigenvalue weighted by Gasteiger charge is 2.16. The molecule has 0 aliphatic carbocycles. The molecule has 0 aliphatic rings. The van der Waals surface area contributed by atoms with Crippen LogP contribution < -0.4 is 0 Å². The third kappa shape index (κ3) is 6.33. The van der Waals surface area contributed by atoms with E-state index in [1.54, 1.807) is 0 Å². The molecule has 0 unspecified atom stereocenters. The van der Waals surface area contributed by atoms with Crippen LogP contribution in [0.3, 0.4) is 0 Å². The lowest BCUT2D eigenvalue weighted by atomic mass is 10.4. The molecule has 0 heterocycles. The Labute approximate surface area is 92.6 Å². The van der Waals surface area contributed by atoms with E-state index in [1.165, 1.54) is 13.8 Å². The fourth-order valence-electron chi connectivity index (χ4n) is 0.646. The first-order valence-corrected chi connectivity index (χ1v) is 4.72. The van der Waals surface area contributed by atoms with Gasteiger partial charge in [0, 0.05) is 0 Å². The Hall–Kier alpha value is -1.18. The van der Waals surface area contributed by atoms with Crippen molar-refractivity contribution in [2.24, 2.45) is 0 Å². The zero-order valence-electron chi connectivity index (χ0n) is 9.12. The highest BCUT2D eigenvalue weighted by atomic mass is 16.6. The second-order valence-corrected chi connectivity index (χ2v) is 3.27. The maximum absolute atomic E-state index is 10.8. The second kappa shape index (κ2) is 7.15. The molecule has 0 radical (unpaired) electrons. The quantitative estimate of drug-likeness (QED) is 0.466. The molecule has 0 amide bonds. The van der Waals surface area contributed by atoms with Gasteiger partial charge in [0.15, 0.2) is 0 Å². The van der Waals surface area contributed by atoms with E-state index in [9.17, 15) is 14.7 Å². The van der Waals surface area contributed by atoms with Crippen molar-refractivity contribution in [1.82, 2.24) is 0 Å². The summed E-state index contributed by atoms with van der Waals surface area (Å²) in [6.45, 7) is 1.66. The average Bonchev–Trinajstić information content (AvgIpc) is 2.21. The van der Waals surface area contributed by atoms with Crippen LogP contribution in [0.4, 0.5) is 0 Å². The monoisotopic (exact) mass is 236 g/mol. The Morgan fingerprint density at radius 1 is 0.938 bits per heavy atom. The Balaban J connectivity index is 3.71. The van der Waals surface area contributed by atoms with Crippen molar-refractivity contribution >= 4 is 11.9 Å². The van der Waals surface area contributed by atoms with Crippen LogP contribution in [0.25, 0.3) is 0 Å².